The Kier molecular flexibility index (Phi) is 6.99. The average molecular weight is 265 g/mol. The summed E-state index contributed by atoms with van der Waals surface area (Å²) in [5.41, 5.74) is 7.37. The molecular weight excluding hydrogens is 238 g/mol. The number of aromatic nitrogens is 1. The van der Waals surface area contributed by atoms with Crippen LogP contribution in [0.5, 0.6) is 0 Å². The van der Waals surface area contributed by atoms with Gasteiger partial charge in [0.1, 0.15) is 0 Å². The van der Waals surface area contributed by atoms with Gasteiger partial charge in [-0.15, -0.1) is 0 Å². The minimum Gasteiger partial charge on any atom is -0.395 e. The minimum absolute atomic E-state index is 0.00884. The SMILES string of the molecule is CCC(CC)N(CCO)C(c1ccncc1)C(C)N. The van der Waals surface area contributed by atoms with Gasteiger partial charge in [-0.05, 0) is 37.5 Å². The summed E-state index contributed by atoms with van der Waals surface area (Å²) in [6.45, 7) is 7.20. The highest BCUT2D eigenvalue weighted by Gasteiger charge is 2.28. The maximum Gasteiger partial charge on any atom is 0.0558 e. The predicted molar refractivity (Wildman–Crippen MR) is 78.8 cm³/mol. The van der Waals surface area contributed by atoms with Crippen LogP contribution in [0.2, 0.25) is 0 Å². The molecule has 4 nitrogen and oxygen atoms in total. The molecule has 1 rings (SSSR count). The molecule has 2 atom stereocenters. The average Bonchev–Trinajstić information content (AvgIpc) is 2.41. The van der Waals surface area contributed by atoms with Crippen LogP contribution in [0.15, 0.2) is 24.5 Å². The summed E-state index contributed by atoms with van der Waals surface area (Å²) in [5, 5.41) is 9.36. The summed E-state index contributed by atoms with van der Waals surface area (Å²) >= 11 is 0. The summed E-state index contributed by atoms with van der Waals surface area (Å²) in [5.74, 6) is 0. The summed E-state index contributed by atoms with van der Waals surface area (Å²) in [4.78, 5) is 6.40. The van der Waals surface area contributed by atoms with Crippen LogP contribution in [0.1, 0.15) is 45.2 Å². The fraction of sp³-hybridized carbons (Fsp3) is 0.667. The van der Waals surface area contributed by atoms with Crippen molar-refractivity contribution in [1.29, 1.82) is 0 Å². The summed E-state index contributed by atoms with van der Waals surface area (Å²) in [6.07, 6.45) is 5.72. The van der Waals surface area contributed by atoms with E-state index in [9.17, 15) is 5.11 Å². The van der Waals surface area contributed by atoms with Gasteiger partial charge < -0.3 is 10.8 Å². The van der Waals surface area contributed by atoms with Gasteiger partial charge in [-0.2, -0.15) is 0 Å². The third kappa shape index (κ3) is 4.27. The van der Waals surface area contributed by atoms with Crippen LogP contribution in [0.25, 0.3) is 0 Å². The fourth-order valence-electron chi connectivity index (χ4n) is 2.78. The molecule has 0 saturated heterocycles. The summed E-state index contributed by atoms with van der Waals surface area (Å²) in [6, 6.07) is 4.60. The van der Waals surface area contributed by atoms with Gasteiger partial charge in [0, 0.05) is 31.0 Å². The molecule has 108 valence electrons. The Morgan fingerprint density at radius 1 is 1.26 bits per heavy atom. The maximum absolute atomic E-state index is 9.36. The Morgan fingerprint density at radius 2 is 1.84 bits per heavy atom. The predicted octanol–water partition coefficient (Wildman–Crippen LogP) is 1.95. The van der Waals surface area contributed by atoms with Gasteiger partial charge in [0.25, 0.3) is 0 Å². The second-order valence-electron chi connectivity index (χ2n) is 5.02. The number of aliphatic hydroxyl groups is 1. The number of hydrogen-bond donors (Lipinski definition) is 2. The fourth-order valence-corrected chi connectivity index (χ4v) is 2.78. The van der Waals surface area contributed by atoms with Crippen molar-refractivity contribution in [3.05, 3.63) is 30.1 Å². The van der Waals surface area contributed by atoms with Crippen LogP contribution < -0.4 is 5.73 Å². The minimum atomic E-state index is 0.00884. The van der Waals surface area contributed by atoms with E-state index in [1.54, 1.807) is 12.4 Å². The monoisotopic (exact) mass is 265 g/mol. The lowest BCUT2D eigenvalue weighted by Crippen LogP contribution is -2.46. The van der Waals surface area contributed by atoms with E-state index >= 15 is 0 Å². The largest absolute Gasteiger partial charge is 0.395 e. The molecule has 4 heteroatoms. The zero-order valence-corrected chi connectivity index (χ0v) is 12.3. The van der Waals surface area contributed by atoms with E-state index in [2.05, 4.69) is 23.7 Å². The Labute approximate surface area is 116 Å². The first kappa shape index (κ1) is 16.1. The lowest BCUT2D eigenvalue weighted by atomic mass is 9.96. The van der Waals surface area contributed by atoms with Crippen LogP contribution >= 0.6 is 0 Å². The molecular formula is C15H27N3O. The van der Waals surface area contributed by atoms with Gasteiger partial charge in [-0.25, -0.2) is 0 Å². The molecule has 1 aromatic rings. The van der Waals surface area contributed by atoms with Crippen molar-refractivity contribution in [3.8, 4) is 0 Å². The molecule has 0 aliphatic heterocycles. The molecule has 3 N–H and O–H groups in total. The van der Waals surface area contributed by atoms with E-state index in [4.69, 9.17) is 5.73 Å². The molecule has 0 aliphatic carbocycles. The summed E-state index contributed by atoms with van der Waals surface area (Å²) in [7, 11) is 0. The van der Waals surface area contributed by atoms with E-state index in [0.717, 1.165) is 12.8 Å². The van der Waals surface area contributed by atoms with Crippen molar-refractivity contribution in [2.45, 2.75) is 51.7 Å². The first-order valence-corrected chi connectivity index (χ1v) is 7.17. The molecule has 0 radical (unpaired) electrons. The molecule has 0 saturated carbocycles. The smallest absolute Gasteiger partial charge is 0.0558 e. The van der Waals surface area contributed by atoms with Crippen LogP contribution in [-0.2, 0) is 0 Å². The number of pyridine rings is 1. The molecule has 0 aromatic carbocycles. The highest BCUT2D eigenvalue weighted by atomic mass is 16.3. The third-order valence-electron chi connectivity index (χ3n) is 3.67. The van der Waals surface area contributed by atoms with E-state index in [0.29, 0.717) is 12.6 Å². The highest BCUT2D eigenvalue weighted by Crippen LogP contribution is 2.27. The third-order valence-corrected chi connectivity index (χ3v) is 3.67. The first-order chi connectivity index (χ1) is 9.15. The molecule has 2 unspecified atom stereocenters. The zero-order chi connectivity index (χ0) is 14.3. The van der Waals surface area contributed by atoms with Gasteiger partial charge >= 0.3 is 0 Å². The Hall–Kier alpha value is -0.970. The lowest BCUT2D eigenvalue weighted by molar-refractivity contribution is 0.0852. The number of nitrogens with zero attached hydrogens (tertiary/aromatic N) is 2. The van der Waals surface area contributed by atoms with Gasteiger partial charge in [-0.3, -0.25) is 9.88 Å². The topological polar surface area (TPSA) is 62.4 Å². The standard InChI is InChI=1S/C15H27N3O/c1-4-14(5-2)18(10-11-19)15(12(3)16)13-6-8-17-9-7-13/h6-9,12,14-15,19H,4-5,10-11,16H2,1-3H3. The van der Waals surface area contributed by atoms with Crippen molar-refractivity contribution in [3.63, 3.8) is 0 Å². The Morgan fingerprint density at radius 3 is 2.26 bits per heavy atom. The second kappa shape index (κ2) is 8.25. The van der Waals surface area contributed by atoms with E-state index in [1.807, 2.05) is 19.1 Å². The summed E-state index contributed by atoms with van der Waals surface area (Å²) < 4.78 is 0. The zero-order valence-electron chi connectivity index (χ0n) is 12.3. The van der Waals surface area contributed by atoms with Crippen molar-refractivity contribution in [1.82, 2.24) is 9.88 Å². The van der Waals surface area contributed by atoms with Crippen molar-refractivity contribution in [2.75, 3.05) is 13.2 Å². The molecule has 19 heavy (non-hydrogen) atoms. The van der Waals surface area contributed by atoms with Crippen molar-refractivity contribution in [2.24, 2.45) is 5.73 Å². The van der Waals surface area contributed by atoms with Crippen molar-refractivity contribution >= 4 is 0 Å². The molecule has 0 aliphatic rings. The maximum atomic E-state index is 9.36. The Bertz CT molecular complexity index is 339. The molecule has 0 bridgehead atoms. The van der Waals surface area contributed by atoms with Gasteiger partial charge in [0.15, 0.2) is 0 Å². The molecule has 0 fully saturated rings. The Balaban J connectivity index is 3.05. The van der Waals surface area contributed by atoms with Crippen LogP contribution in [0.3, 0.4) is 0 Å². The van der Waals surface area contributed by atoms with E-state index < -0.39 is 0 Å². The second-order valence-corrected chi connectivity index (χ2v) is 5.02. The van der Waals surface area contributed by atoms with Crippen LogP contribution in [0, 0.1) is 0 Å². The highest BCUT2D eigenvalue weighted by molar-refractivity contribution is 5.17. The molecule has 0 amide bonds. The first-order valence-electron chi connectivity index (χ1n) is 7.17. The number of aliphatic hydroxyl groups excluding tert-OH is 1. The van der Waals surface area contributed by atoms with Crippen molar-refractivity contribution < 1.29 is 5.11 Å². The van der Waals surface area contributed by atoms with Crippen LogP contribution in [0.4, 0.5) is 0 Å². The molecule has 1 heterocycles. The van der Waals surface area contributed by atoms with Gasteiger partial charge in [-0.1, -0.05) is 13.8 Å². The molecule has 1 aromatic heterocycles. The van der Waals surface area contributed by atoms with E-state index in [-0.39, 0.29) is 18.7 Å². The number of rotatable bonds is 8. The lowest BCUT2D eigenvalue weighted by Gasteiger charge is -2.39. The van der Waals surface area contributed by atoms with E-state index in [1.165, 1.54) is 5.56 Å². The molecule has 0 spiro atoms. The van der Waals surface area contributed by atoms with Gasteiger partial charge in [0.05, 0.1) is 12.6 Å². The normalized spacial score (nSPS) is 14.9. The number of hydrogen-bond acceptors (Lipinski definition) is 4. The quantitative estimate of drug-likeness (QED) is 0.754. The van der Waals surface area contributed by atoms with Gasteiger partial charge in [0.2, 0.25) is 0 Å². The number of nitrogens with two attached hydrogens (primary N) is 1. The van der Waals surface area contributed by atoms with Crippen LogP contribution in [-0.4, -0.2) is 40.2 Å².